The summed E-state index contributed by atoms with van der Waals surface area (Å²) >= 11 is 0. The molecule has 0 atom stereocenters. The molecule has 0 fully saturated rings. The third kappa shape index (κ3) is 4.57. The molecule has 1 aromatic heterocycles. The first-order valence-corrected chi connectivity index (χ1v) is 9.41. The van der Waals surface area contributed by atoms with E-state index in [2.05, 4.69) is 24.3 Å². The molecule has 2 aromatic carbocycles. The molecule has 4 rings (SSSR count). The van der Waals surface area contributed by atoms with Gasteiger partial charge in [-0.05, 0) is 41.8 Å². The van der Waals surface area contributed by atoms with Crippen molar-refractivity contribution in [3.63, 3.8) is 0 Å². The van der Waals surface area contributed by atoms with Crippen LogP contribution < -0.4 is 14.8 Å². The summed E-state index contributed by atoms with van der Waals surface area (Å²) in [6, 6.07) is 15.1. The van der Waals surface area contributed by atoms with E-state index >= 15 is 0 Å². The minimum atomic E-state index is -0.221. The van der Waals surface area contributed by atoms with Crippen molar-refractivity contribution in [2.24, 2.45) is 0 Å². The second kappa shape index (κ2) is 8.36. The molecular weight excluding hydrogens is 372 g/mol. The summed E-state index contributed by atoms with van der Waals surface area (Å²) in [5.41, 5.74) is 3.40. The second-order valence-electron chi connectivity index (χ2n) is 7.07. The van der Waals surface area contributed by atoms with Gasteiger partial charge in [-0.3, -0.25) is 4.79 Å². The molecule has 0 spiro atoms. The van der Waals surface area contributed by atoms with Crippen LogP contribution in [0.4, 0.5) is 5.69 Å². The molecule has 0 radical (unpaired) electrons. The van der Waals surface area contributed by atoms with Gasteiger partial charge in [-0.2, -0.15) is 0 Å². The molecule has 7 heteroatoms. The van der Waals surface area contributed by atoms with Crippen molar-refractivity contribution in [2.75, 3.05) is 18.7 Å². The van der Waals surface area contributed by atoms with Crippen molar-refractivity contribution in [1.29, 1.82) is 0 Å². The molecule has 2 heterocycles. The fourth-order valence-corrected chi connectivity index (χ4v) is 2.96. The molecule has 0 saturated carbocycles. The van der Waals surface area contributed by atoms with Gasteiger partial charge >= 0.3 is 0 Å². The summed E-state index contributed by atoms with van der Waals surface area (Å²) in [6.07, 6.45) is 0. The molecule has 0 bridgehead atoms. The number of nitrogens with one attached hydrogen (secondary N) is 1. The zero-order valence-corrected chi connectivity index (χ0v) is 16.3. The summed E-state index contributed by atoms with van der Waals surface area (Å²) in [4.78, 5) is 12.1. The van der Waals surface area contributed by atoms with Crippen molar-refractivity contribution in [1.82, 2.24) is 5.16 Å². The lowest BCUT2D eigenvalue weighted by Gasteiger charge is -2.08. The lowest BCUT2D eigenvalue weighted by Crippen LogP contribution is -2.18. The maximum absolute atomic E-state index is 12.1. The van der Waals surface area contributed by atoms with E-state index in [0.717, 1.165) is 11.3 Å². The second-order valence-corrected chi connectivity index (χ2v) is 7.07. The van der Waals surface area contributed by atoms with Crippen LogP contribution in [0.3, 0.4) is 0 Å². The van der Waals surface area contributed by atoms with Gasteiger partial charge in [-0.25, -0.2) is 0 Å². The first kappa shape index (κ1) is 19.0. The van der Waals surface area contributed by atoms with E-state index in [-0.39, 0.29) is 25.9 Å². The minimum Gasteiger partial charge on any atom is -0.454 e. The molecule has 1 amide bonds. The van der Waals surface area contributed by atoms with Crippen LogP contribution in [0, 0.1) is 0 Å². The SMILES string of the molecule is CC(C)c1ccc(NC(=O)COCc2cc(-c3ccc4c(c3)OCO4)on2)cc1. The molecule has 0 saturated heterocycles. The molecule has 0 unspecified atom stereocenters. The van der Waals surface area contributed by atoms with Gasteiger partial charge in [0.15, 0.2) is 17.3 Å². The summed E-state index contributed by atoms with van der Waals surface area (Å²) in [5.74, 6) is 2.21. The van der Waals surface area contributed by atoms with E-state index in [1.807, 2.05) is 42.5 Å². The van der Waals surface area contributed by atoms with Crippen LogP contribution in [-0.2, 0) is 16.1 Å². The highest BCUT2D eigenvalue weighted by Gasteiger charge is 2.16. The van der Waals surface area contributed by atoms with Crippen LogP contribution in [0.2, 0.25) is 0 Å². The number of benzene rings is 2. The monoisotopic (exact) mass is 394 g/mol. The number of amides is 1. The molecule has 1 aliphatic heterocycles. The third-order valence-electron chi connectivity index (χ3n) is 4.56. The Labute approximate surface area is 168 Å². The van der Waals surface area contributed by atoms with E-state index in [1.54, 1.807) is 6.07 Å². The number of aromatic nitrogens is 1. The number of ether oxygens (including phenoxy) is 3. The van der Waals surface area contributed by atoms with E-state index in [0.29, 0.717) is 28.9 Å². The Morgan fingerprint density at radius 2 is 1.90 bits per heavy atom. The number of anilines is 1. The number of hydrogen-bond donors (Lipinski definition) is 1. The first-order valence-electron chi connectivity index (χ1n) is 9.41. The van der Waals surface area contributed by atoms with Crippen LogP contribution in [0.5, 0.6) is 11.5 Å². The predicted molar refractivity (Wildman–Crippen MR) is 107 cm³/mol. The highest BCUT2D eigenvalue weighted by atomic mass is 16.7. The molecule has 7 nitrogen and oxygen atoms in total. The van der Waals surface area contributed by atoms with Crippen LogP contribution in [0.25, 0.3) is 11.3 Å². The van der Waals surface area contributed by atoms with Gasteiger partial charge in [0.2, 0.25) is 12.7 Å². The number of hydrogen-bond acceptors (Lipinski definition) is 6. The van der Waals surface area contributed by atoms with E-state index < -0.39 is 0 Å². The van der Waals surface area contributed by atoms with Crippen molar-refractivity contribution in [2.45, 2.75) is 26.4 Å². The number of carbonyl (C=O) groups is 1. The van der Waals surface area contributed by atoms with E-state index in [1.165, 1.54) is 5.56 Å². The largest absolute Gasteiger partial charge is 0.454 e. The van der Waals surface area contributed by atoms with Crippen molar-refractivity contribution in [3.8, 4) is 22.8 Å². The molecule has 1 aliphatic rings. The van der Waals surface area contributed by atoms with Gasteiger partial charge < -0.3 is 24.1 Å². The highest BCUT2D eigenvalue weighted by molar-refractivity contribution is 5.91. The fraction of sp³-hybridized carbons (Fsp3) is 0.273. The van der Waals surface area contributed by atoms with E-state index in [4.69, 9.17) is 18.7 Å². The Kier molecular flexibility index (Phi) is 5.48. The lowest BCUT2D eigenvalue weighted by molar-refractivity contribution is -0.121. The molecule has 0 aliphatic carbocycles. The number of carbonyl (C=O) groups excluding carboxylic acids is 1. The summed E-state index contributed by atoms with van der Waals surface area (Å²) in [7, 11) is 0. The Bertz CT molecular complexity index is 995. The maximum atomic E-state index is 12.1. The van der Waals surface area contributed by atoms with Crippen LogP contribution >= 0.6 is 0 Å². The van der Waals surface area contributed by atoms with Gasteiger partial charge in [-0.1, -0.05) is 31.1 Å². The standard InChI is InChI=1S/C22H22N2O5/c1-14(2)15-3-6-17(7-4-15)23-22(25)12-26-11-18-10-20(29-24-18)16-5-8-19-21(9-16)28-13-27-19/h3-10,14H,11-13H2,1-2H3,(H,23,25). The Hall–Kier alpha value is -3.32. The van der Waals surface area contributed by atoms with Crippen LogP contribution in [0.15, 0.2) is 53.1 Å². The topological polar surface area (TPSA) is 82.8 Å². The average Bonchev–Trinajstić information content (AvgIpc) is 3.37. The Balaban J connectivity index is 1.27. The molecule has 29 heavy (non-hydrogen) atoms. The van der Waals surface area contributed by atoms with Crippen molar-refractivity contribution >= 4 is 11.6 Å². The Morgan fingerprint density at radius 1 is 1.10 bits per heavy atom. The first-order chi connectivity index (χ1) is 14.1. The summed E-state index contributed by atoms with van der Waals surface area (Å²) in [6.45, 7) is 4.58. The molecule has 150 valence electrons. The fourth-order valence-electron chi connectivity index (χ4n) is 2.96. The average molecular weight is 394 g/mol. The number of rotatable bonds is 7. The summed E-state index contributed by atoms with van der Waals surface area (Å²) in [5, 5.41) is 6.81. The van der Waals surface area contributed by atoms with Gasteiger partial charge in [0.1, 0.15) is 12.3 Å². The molecule has 1 N–H and O–H groups in total. The van der Waals surface area contributed by atoms with Gasteiger partial charge in [0, 0.05) is 17.3 Å². The lowest BCUT2D eigenvalue weighted by atomic mass is 10.0. The smallest absolute Gasteiger partial charge is 0.250 e. The Morgan fingerprint density at radius 3 is 2.69 bits per heavy atom. The number of fused-ring (bicyclic) bond motifs is 1. The van der Waals surface area contributed by atoms with Crippen molar-refractivity contribution in [3.05, 3.63) is 59.8 Å². The van der Waals surface area contributed by atoms with Crippen LogP contribution in [0.1, 0.15) is 31.0 Å². The van der Waals surface area contributed by atoms with Gasteiger partial charge in [0.05, 0.1) is 6.61 Å². The minimum absolute atomic E-state index is 0.0713. The molecular formula is C22H22N2O5. The normalized spacial score (nSPS) is 12.4. The predicted octanol–water partition coefficient (Wildman–Crippen LogP) is 4.35. The van der Waals surface area contributed by atoms with Gasteiger partial charge in [-0.15, -0.1) is 0 Å². The highest BCUT2D eigenvalue weighted by Crippen LogP contribution is 2.36. The van der Waals surface area contributed by atoms with Crippen molar-refractivity contribution < 1.29 is 23.5 Å². The third-order valence-corrected chi connectivity index (χ3v) is 4.56. The zero-order valence-electron chi connectivity index (χ0n) is 16.3. The van der Waals surface area contributed by atoms with E-state index in [9.17, 15) is 4.79 Å². The van der Waals surface area contributed by atoms with Crippen LogP contribution in [-0.4, -0.2) is 24.5 Å². The summed E-state index contributed by atoms with van der Waals surface area (Å²) < 4.78 is 21.5. The quantitative estimate of drug-likeness (QED) is 0.642. The zero-order chi connectivity index (χ0) is 20.2. The molecule has 3 aromatic rings. The number of nitrogens with zero attached hydrogens (tertiary/aromatic N) is 1. The van der Waals surface area contributed by atoms with Gasteiger partial charge in [0.25, 0.3) is 0 Å². The maximum Gasteiger partial charge on any atom is 0.250 e.